The van der Waals surface area contributed by atoms with Crippen molar-refractivity contribution in [2.45, 2.75) is 18.9 Å². The number of hydrogen-bond acceptors (Lipinski definition) is 2. The van der Waals surface area contributed by atoms with Gasteiger partial charge >= 0.3 is 0 Å². The number of para-hydroxylation sites is 1. The normalized spacial score (nSPS) is 25.1. The first-order valence-electron chi connectivity index (χ1n) is 7.40. The van der Waals surface area contributed by atoms with Gasteiger partial charge in [0.1, 0.15) is 0 Å². The number of fused-ring (bicyclic) bond motifs is 5. The number of hydrogen-bond donors (Lipinski definition) is 2. The zero-order valence-electron chi connectivity index (χ0n) is 11.8. The number of H-pyrrole nitrogens is 1. The summed E-state index contributed by atoms with van der Waals surface area (Å²) >= 11 is 0. The number of piperidine rings is 1. The molecule has 0 spiro atoms. The molecular formula is C17H18N2O2. The van der Waals surface area contributed by atoms with Gasteiger partial charge in [0.25, 0.3) is 0 Å². The average molecular weight is 282 g/mol. The number of aliphatic hydroxyl groups excluding tert-OH is 1. The smallest absolute Gasteiger partial charge is 0.250 e. The number of amides is 1. The van der Waals surface area contributed by atoms with Crippen LogP contribution in [0.4, 0.5) is 0 Å². The minimum absolute atomic E-state index is 0.00499. The zero-order valence-corrected chi connectivity index (χ0v) is 11.8. The second-order valence-corrected chi connectivity index (χ2v) is 5.97. The van der Waals surface area contributed by atoms with Crippen molar-refractivity contribution < 1.29 is 9.90 Å². The Kier molecular flexibility index (Phi) is 2.69. The van der Waals surface area contributed by atoms with Crippen LogP contribution in [0.3, 0.4) is 0 Å². The lowest BCUT2D eigenvalue weighted by atomic mass is 9.82. The van der Waals surface area contributed by atoms with Crippen LogP contribution in [-0.4, -0.2) is 34.0 Å². The van der Waals surface area contributed by atoms with Gasteiger partial charge in [-0.15, -0.1) is 0 Å². The molecule has 0 bridgehead atoms. The van der Waals surface area contributed by atoms with Crippen LogP contribution in [0, 0.1) is 5.92 Å². The summed E-state index contributed by atoms with van der Waals surface area (Å²) in [4.78, 5) is 17.9. The summed E-state index contributed by atoms with van der Waals surface area (Å²) in [6.07, 6.45) is 1.62. The largest absolute Gasteiger partial charge is 0.396 e. The molecule has 2 atom stereocenters. The summed E-state index contributed by atoms with van der Waals surface area (Å²) in [6.45, 7) is 4.60. The molecule has 4 heteroatoms. The minimum atomic E-state index is -0.129. The molecule has 2 aliphatic rings. The lowest BCUT2D eigenvalue weighted by Crippen LogP contribution is -2.46. The van der Waals surface area contributed by atoms with Crippen molar-refractivity contribution in [1.82, 2.24) is 9.88 Å². The van der Waals surface area contributed by atoms with Crippen LogP contribution in [0.2, 0.25) is 0 Å². The predicted octanol–water partition coefficient (Wildman–Crippen LogP) is 2.16. The third-order valence-electron chi connectivity index (χ3n) is 4.92. The SMILES string of the molecule is C=C1C(=O)N2CCc3c([nH]c4ccccc34)[C@@H]2C[C@H]1CO. The molecule has 2 aliphatic heterocycles. The minimum Gasteiger partial charge on any atom is -0.396 e. The molecule has 1 aromatic carbocycles. The number of aromatic nitrogens is 1. The average Bonchev–Trinajstić information content (AvgIpc) is 2.89. The molecular weight excluding hydrogens is 264 g/mol. The fraction of sp³-hybridized carbons (Fsp3) is 0.353. The van der Waals surface area contributed by atoms with Crippen molar-refractivity contribution in [3.8, 4) is 0 Å². The van der Waals surface area contributed by atoms with Crippen molar-refractivity contribution >= 4 is 16.8 Å². The van der Waals surface area contributed by atoms with E-state index >= 15 is 0 Å². The first-order chi connectivity index (χ1) is 10.2. The van der Waals surface area contributed by atoms with E-state index in [1.165, 1.54) is 10.9 Å². The highest BCUT2D eigenvalue weighted by Gasteiger charge is 2.41. The molecule has 1 aromatic heterocycles. The Hall–Kier alpha value is -2.07. The van der Waals surface area contributed by atoms with Gasteiger partial charge in [-0.25, -0.2) is 0 Å². The molecule has 108 valence electrons. The number of aromatic amines is 1. The number of carbonyl (C=O) groups excluding carboxylic acids is 1. The molecule has 0 saturated carbocycles. The predicted molar refractivity (Wildman–Crippen MR) is 80.8 cm³/mol. The second kappa shape index (κ2) is 4.46. The van der Waals surface area contributed by atoms with E-state index in [2.05, 4.69) is 23.7 Å². The number of rotatable bonds is 1. The Morgan fingerprint density at radius 2 is 2.19 bits per heavy atom. The summed E-state index contributed by atoms with van der Waals surface area (Å²) in [6, 6.07) is 8.31. The standard InChI is InChI=1S/C17H18N2O2/c1-10-11(9-20)8-15-16-13(6-7-19(15)17(10)21)12-4-2-3-5-14(12)18-16/h2-5,11,15,18,20H,1,6-9H2/t11-,15-/m0/s1. The van der Waals surface area contributed by atoms with E-state index in [1.54, 1.807) is 0 Å². The maximum Gasteiger partial charge on any atom is 0.250 e. The van der Waals surface area contributed by atoms with E-state index < -0.39 is 0 Å². The highest BCUT2D eigenvalue weighted by atomic mass is 16.3. The molecule has 1 amide bonds. The zero-order chi connectivity index (χ0) is 14.6. The molecule has 0 unspecified atom stereocenters. The molecule has 4 rings (SSSR count). The van der Waals surface area contributed by atoms with Crippen LogP contribution < -0.4 is 0 Å². The van der Waals surface area contributed by atoms with Crippen LogP contribution in [0.25, 0.3) is 10.9 Å². The Morgan fingerprint density at radius 1 is 1.38 bits per heavy atom. The number of aliphatic hydroxyl groups is 1. The van der Waals surface area contributed by atoms with Gasteiger partial charge in [-0.1, -0.05) is 24.8 Å². The fourth-order valence-corrected chi connectivity index (χ4v) is 3.76. The summed E-state index contributed by atoms with van der Waals surface area (Å²) in [7, 11) is 0. The molecule has 4 nitrogen and oxygen atoms in total. The van der Waals surface area contributed by atoms with Crippen LogP contribution in [0.1, 0.15) is 23.7 Å². The first-order valence-corrected chi connectivity index (χ1v) is 7.40. The van der Waals surface area contributed by atoms with Crippen molar-refractivity contribution in [1.29, 1.82) is 0 Å². The van der Waals surface area contributed by atoms with Crippen LogP contribution in [0.5, 0.6) is 0 Å². The molecule has 0 radical (unpaired) electrons. The topological polar surface area (TPSA) is 56.3 Å². The summed E-state index contributed by atoms with van der Waals surface area (Å²) in [5, 5.41) is 10.8. The highest BCUT2D eigenvalue weighted by molar-refractivity contribution is 5.95. The van der Waals surface area contributed by atoms with Crippen molar-refractivity contribution in [3.05, 3.63) is 47.7 Å². The third-order valence-corrected chi connectivity index (χ3v) is 4.92. The van der Waals surface area contributed by atoms with Crippen LogP contribution in [0.15, 0.2) is 36.4 Å². The van der Waals surface area contributed by atoms with E-state index in [4.69, 9.17) is 0 Å². The first kappa shape index (κ1) is 12.7. The highest BCUT2D eigenvalue weighted by Crippen LogP contribution is 2.42. The Morgan fingerprint density at radius 3 is 3.00 bits per heavy atom. The van der Waals surface area contributed by atoms with Gasteiger partial charge in [-0.2, -0.15) is 0 Å². The van der Waals surface area contributed by atoms with Crippen LogP contribution in [-0.2, 0) is 11.2 Å². The monoisotopic (exact) mass is 282 g/mol. The molecule has 1 fully saturated rings. The van der Waals surface area contributed by atoms with Crippen molar-refractivity contribution in [2.75, 3.05) is 13.2 Å². The van der Waals surface area contributed by atoms with Gasteiger partial charge in [0.2, 0.25) is 5.91 Å². The summed E-state index contributed by atoms with van der Waals surface area (Å²) < 4.78 is 0. The number of benzene rings is 1. The maximum atomic E-state index is 12.5. The lowest BCUT2D eigenvalue weighted by molar-refractivity contribution is -0.133. The van der Waals surface area contributed by atoms with Gasteiger partial charge in [-0.3, -0.25) is 4.79 Å². The third kappa shape index (κ3) is 1.69. The lowest BCUT2D eigenvalue weighted by Gasteiger charge is -2.42. The molecule has 2 N–H and O–H groups in total. The molecule has 3 heterocycles. The van der Waals surface area contributed by atoms with E-state index in [1.807, 2.05) is 17.0 Å². The number of carbonyl (C=O) groups is 1. The van der Waals surface area contributed by atoms with Gasteiger partial charge in [0.05, 0.1) is 12.6 Å². The molecule has 21 heavy (non-hydrogen) atoms. The fourth-order valence-electron chi connectivity index (χ4n) is 3.76. The number of nitrogens with one attached hydrogen (secondary N) is 1. The molecule has 1 saturated heterocycles. The summed E-state index contributed by atoms with van der Waals surface area (Å²) in [5.41, 5.74) is 4.14. The van der Waals surface area contributed by atoms with E-state index in [-0.39, 0.29) is 24.5 Å². The van der Waals surface area contributed by atoms with E-state index in [0.29, 0.717) is 5.57 Å². The van der Waals surface area contributed by atoms with Crippen LogP contribution >= 0.6 is 0 Å². The Bertz CT molecular complexity index is 746. The number of nitrogens with zero attached hydrogens (tertiary/aromatic N) is 1. The van der Waals surface area contributed by atoms with Crippen molar-refractivity contribution in [3.63, 3.8) is 0 Å². The molecule has 2 aromatic rings. The quantitative estimate of drug-likeness (QED) is 0.788. The van der Waals surface area contributed by atoms with Gasteiger partial charge in [0, 0.05) is 34.6 Å². The Balaban J connectivity index is 1.84. The van der Waals surface area contributed by atoms with E-state index in [0.717, 1.165) is 30.6 Å². The van der Waals surface area contributed by atoms with E-state index in [9.17, 15) is 9.90 Å². The van der Waals surface area contributed by atoms with Gasteiger partial charge < -0.3 is 15.0 Å². The Labute approximate surface area is 123 Å². The summed E-state index contributed by atoms with van der Waals surface area (Å²) in [5.74, 6) is -0.134. The van der Waals surface area contributed by atoms with Crippen molar-refractivity contribution in [2.24, 2.45) is 5.92 Å². The van der Waals surface area contributed by atoms with Gasteiger partial charge in [-0.05, 0) is 24.5 Å². The molecule has 0 aliphatic carbocycles. The maximum absolute atomic E-state index is 12.5. The second-order valence-electron chi connectivity index (χ2n) is 5.97. The van der Waals surface area contributed by atoms with Gasteiger partial charge in [0.15, 0.2) is 0 Å².